The minimum Gasteiger partial charge on any atom is -0.496 e. The van der Waals surface area contributed by atoms with Crippen LogP contribution in [0.5, 0.6) is 5.75 Å². The summed E-state index contributed by atoms with van der Waals surface area (Å²) in [6.45, 7) is 10.8. The van der Waals surface area contributed by atoms with Gasteiger partial charge in [-0.25, -0.2) is 8.97 Å². The van der Waals surface area contributed by atoms with Gasteiger partial charge in [-0.05, 0) is 56.7 Å². The number of dihydropyridines is 1. The summed E-state index contributed by atoms with van der Waals surface area (Å²) in [5.74, 6) is 0.721. The van der Waals surface area contributed by atoms with Crippen molar-refractivity contribution >= 4 is 12.2 Å². The van der Waals surface area contributed by atoms with Gasteiger partial charge in [0.1, 0.15) is 19.0 Å². The lowest BCUT2D eigenvalue weighted by Gasteiger charge is -2.34. The Morgan fingerprint density at radius 1 is 0.667 bits per heavy atom. The third-order valence-corrected chi connectivity index (χ3v) is 9.81. The Balaban J connectivity index is 2.10. The van der Waals surface area contributed by atoms with E-state index in [-0.39, 0.29) is 27.1 Å². The number of allylic oxidation sites excluding steroid dienone is 2. The van der Waals surface area contributed by atoms with Gasteiger partial charge in [0.25, 0.3) is 0 Å². The highest BCUT2D eigenvalue weighted by Crippen LogP contribution is 2.44. The van der Waals surface area contributed by atoms with Crippen molar-refractivity contribution < 1.29 is 32.8 Å². The van der Waals surface area contributed by atoms with E-state index in [9.17, 15) is 9.59 Å². The monoisotopic (exact) mass is 672 g/mol. The van der Waals surface area contributed by atoms with Crippen molar-refractivity contribution in [3.8, 4) is 5.75 Å². The highest BCUT2D eigenvalue weighted by atomic mass is 16.6. The molecule has 0 aliphatic carbocycles. The lowest BCUT2D eigenvalue weighted by atomic mass is 9.78. The van der Waals surface area contributed by atoms with Crippen LogP contribution >= 0.6 is 0 Å². The fourth-order valence-corrected chi connectivity index (χ4v) is 6.63. The zero-order chi connectivity index (χ0) is 35.6. The predicted octanol–water partition coefficient (Wildman–Crippen LogP) is 9.86. The quantitative estimate of drug-likeness (QED) is 0.0977. The summed E-state index contributed by atoms with van der Waals surface area (Å²) in [6, 6.07) is 8.10. The summed E-state index contributed by atoms with van der Waals surface area (Å²) in [6.07, 6.45) is 15.1. The number of nitrogens with one attached hydrogen (secondary N) is 1. The van der Waals surface area contributed by atoms with Crippen LogP contribution < -0.4 is 10.1 Å². The summed E-state index contributed by atoms with van der Waals surface area (Å²) >= 11 is 0. The zero-order valence-electron chi connectivity index (χ0n) is 32.1. The highest BCUT2D eigenvalue weighted by molar-refractivity contribution is 5.60. The Hall–Kier alpha value is -2.84. The Morgan fingerprint density at radius 3 is 1.52 bits per heavy atom. The first-order valence-electron chi connectivity index (χ1n) is 18.7. The Morgan fingerprint density at radius 2 is 1.08 bits per heavy atom. The summed E-state index contributed by atoms with van der Waals surface area (Å²) in [5.41, 5.74) is 5.47. The number of para-hydroxylation sites is 1. The average molecular weight is 672 g/mol. The van der Waals surface area contributed by atoms with Crippen LogP contribution in [0.4, 0.5) is 9.59 Å². The van der Waals surface area contributed by atoms with Crippen LogP contribution in [0.1, 0.15) is 129 Å². The van der Waals surface area contributed by atoms with Crippen LogP contribution in [0, 0.1) is 0 Å². The van der Waals surface area contributed by atoms with E-state index in [1.54, 1.807) is 7.11 Å². The van der Waals surface area contributed by atoms with E-state index in [0.29, 0.717) is 26.1 Å². The number of benzene rings is 1. The average Bonchev–Trinajstić information content (AvgIpc) is 3.05. The molecule has 0 fully saturated rings. The fraction of sp³-hybridized carbons (Fsp3) is 0.700. The first-order valence-corrected chi connectivity index (χ1v) is 18.7. The summed E-state index contributed by atoms with van der Waals surface area (Å²) in [4.78, 5) is 26.3. The number of quaternary nitrogens is 2. The van der Waals surface area contributed by atoms with Gasteiger partial charge in [0.2, 0.25) is 0 Å². The molecule has 0 unspecified atom stereocenters. The van der Waals surface area contributed by atoms with Gasteiger partial charge < -0.3 is 19.5 Å². The normalized spacial score (nSPS) is 14.3. The van der Waals surface area contributed by atoms with Crippen molar-refractivity contribution in [2.24, 2.45) is 0 Å². The highest BCUT2D eigenvalue weighted by Gasteiger charge is 2.33. The maximum absolute atomic E-state index is 13.2. The summed E-state index contributed by atoms with van der Waals surface area (Å²) < 4.78 is 18.1. The third-order valence-electron chi connectivity index (χ3n) is 9.81. The van der Waals surface area contributed by atoms with Crippen molar-refractivity contribution in [2.45, 2.75) is 124 Å². The van der Waals surface area contributed by atoms with Crippen molar-refractivity contribution in [1.82, 2.24) is 5.32 Å². The largest absolute Gasteiger partial charge is 0.515 e. The van der Waals surface area contributed by atoms with Crippen LogP contribution in [-0.2, 0) is 9.47 Å². The molecule has 1 aromatic carbocycles. The van der Waals surface area contributed by atoms with Crippen LogP contribution in [0.15, 0.2) is 46.8 Å². The van der Waals surface area contributed by atoms with Gasteiger partial charge in [-0.1, -0.05) is 83.4 Å². The van der Waals surface area contributed by atoms with E-state index in [4.69, 9.17) is 14.2 Å². The number of unbranched alkanes of at least 4 members (excludes halogenated alkanes) is 10. The number of hydrogen-bond donors (Lipinski definition) is 1. The number of nitrogens with zero attached hydrogens (tertiary/aromatic N) is 2. The molecule has 1 N–H and O–H groups in total. The lowest BCUT2D eigenvalue weighted by molar-refractivity contribution is -0.817. The van der Waals surface area contributed by atoms with E-state index >= 15 is 0 Å². The van der Waals surface area contributed by atoms with Gasteiger partial charge in [-0.2, -0.15) is 9.59 Å². The van der Waals surface area contributed by atoms with Gasteiger partial charge in [0, 0.05) is 35.7 Å². The number of rotatable bonds is 22. The molecule has 0 radical (unpaired) electrons. The number of carbonyl (C=O) groups excluding carboxylic acids is 2. The molecule has 0 saturated heterocycles. The number of amides is 2. The molecule has 0 saturated carbocycles. The maximum atomic E-state index is 13.2. The van der Waals surface area contributed by atoms with Gasteiger partial charge in [-0.15, -0.1) is 0 Å². The molecule has 48 heavy (non-hydrogen) atoms. The molecule has 1 aliphatic heterocycles. The number of ether oxygens (including phenoxy) is 3. The minimum atomic E-state index is -0.194. The molecular weight excluding hydrogens is 602 g/mol. The topological polar surface area (TPSA) is 73.9 Å². The minimum absolute atomic E-state index is 0.0870. The summed E-state index contributed by atoms with van der Waals surface area (Å²) in [5, 5.41) is 3.58. The van der Waals surface area contributed by atoms with Crippen LogP contribution in [-0.4, -0.2) is 82.8 Å². The van der Waals surface area contributed by atoms with Crippen LogP contribution in [0.2, 0.25) is 0 Å². The fourth-order valence-electron chi connectivity index (χ4n) is 6.63. The molecule has 0 spiro atoms. The second-order valence-corrected chi connectivity index (χ2v) is 14.7. The molecule has 0 atom stereocenters. The molecule has 2 rings (SSSR count). The molecule has 1 aromatic rings. The van der Waals surface area contributed by atoms with Crippen molar-refractivity contribution in [1.29, 1.82) is 0 Å². The first-order chi connectivity index (χ1) is 22.9. The Labute approximate surface area is 293 Å². The van der Waals surface area contributed by atoms with Crippen molar-refractivity contribution in [3.63, 3.8) is 0 Å². The van der Waals surface area contributed by atoms with E-state index < -0.39 is 0 Å². The zero-order valence-corrected chi connectivity index (χ0v) is 32.1. The predicted molar refractivity (Wildman–Crippen MR) is 197 cm³/mol. The van der Waals surface area contributed by atoms with Gasteiger partial charge in [-0.3, -0.25) is 0 Å². The number of methoxy groups -OCH3 is 1. The van der Waals surface area contributed by atoms with Gasteiger partial charge in [0.15, 0.2) is 0 Å². The second-order valence-electron chi connectivity index (χ2n) is 14.7. The molecule has 272 valence electrons. The number of hydrogen-bond acceptors (Lipinski definition) is 6. The molecule has 2 amide bonds. The Kier molecular flexibility index (Phi) is 18.3. The molecule has 0 bridgehead atoms. The van der Waals surface area contributed by atoms with Crippen LogP contribution in [0.3, 0.4) is 0 Å². The van der Waals surface area contributed by atoms with E-state index in [1.165, 1.54) is 51.4 Å². The molecule has 8 heteroatoms. The van der Waals surface area contributed by atoms with E-state index in [0.717, 1.165) is 72.6 Å². The maximum Gasteiger partial charge on any atom is 0.515 e. The standard InChI is InChI=1S/C40H69N3O5/c1-10-12-14-16-18-22-28-42(5,6)39(44)47-30-26-34-32(3)41-33(4)35(38(34)36-24-20-21-25-37(36)46-9)27-31-48-40(45)43(7,8)29-23-19-17-15-13-11-2/h20-21,24-25,38,41H,10-19,22-23,26-31H2,1-9H3/q+2. The third kappa shape index (κ3) is 13.2. The molecule has 1 aliphatic rings. The molecule has 1 heterocycles. The molecule has 8 nitrogen and oxygen atoms in total. The van der Waals surface area contributed by atoms with Gasteiger partial charge >= 0.3 is 12.2 Å². The first kappa shape index (κ1) is 41.3. The molecular formula is C40H69N3O5+2. The Bertz CT molecular complexity index is 1140. The van der Waals surface area contributed by atoms with Crippen molar-refractivity contribution in [3.05, 3.63) is 52.4 Å². The SMILES string of the molecule is CCCCCCCC[N+](C)(C)C(=O)OCCC1=C(C)NC(C)=C(CCOC(=O)[N+](C)(C)CCCCCCCC)C1c1ccccc1OC. The lowest BCUT2D eigenvalue weighted by Crippen LogP contribution is -2.46. The smallest absolute Gasteiger partial charge is 0.496 e. The van der Waals surface area contributed by atoms with Gasteiger partial charge in [0.05, 0.1) is 48.4 Å². The van der Waals surface area contributed by atoms with Crippen LogP contribution in [0.25, 0.3) is 0 Å². The van der Waals surface area contributed by atoms with E-state index in [2.05, 4.69) is 39.1 Å². The molecule has 0 aromatic heterocycles. The van der Waals surface area contributed by atoms with E-state index in [1.807, 2.05) is 46.4 Å². The summed E-state index contributed by atoms with van der Waals surface area (Å²) in [7, 11) is 9.47. The number of carbonyl (C=O) groups is 2. The van der Waals surface area contributed by atoms with Crippen molar-refractivity contribution in [2.75, 3.05) is 61.6 Å². The second kappa shape index (κ2) is 21.3.